The Bertz CT molecular complexity index is 584. The molecule has 2 unspecified atom stereocenters. The number of aliphatic hydroxyl groups is 1. The predicted octanol–water partition coefficient (Wildman–Crippen LogP) is 1.20. The minimum atomic E-state index is -2.02. The van der Waals surface area contributed by atoms with Crippen molar-refractivity contribution in [1.82, 2.24) is 5.32 Å². The van der Waals surface area contributed by atoms with E-state index in [1.54, 1.807) is 24.3 Å². The lowest BCUT2D eigenvalue weighted by atomic mass is 10.1. The topological polar surface area (TPSA) is 117 Å². The molecule has 1 aliphatic rings. The summed E-state index contributed by atoms with van der Waals surface area (Å²) in [4.78, 5) is 22.5. The molecule has 1 aromatic carbocycles. The van der Waals surface area contributed by atoms with Crippen molar-refractivity contribution in [3.63, 3.8) is 0 Å². The molecule has 0 aliphatic carbocycles. The van der Waals surface area contributed by atoms with Crippen LogP contribution in [0.4, 0.5) is 10.5 Å². The van der Waals surface area contributed by atoms with Crippen LogP contribution >= 0.6 is 0 Å². The summed E-state index contributed by atoms with van der Waals surface area (Å²) < 4.78 is 11.1. The molecule has 0 spiro atoms. The number of amides is 2. The molecule has 24 heavy (non-hydrogen) atoms. The highest BCUT2D eigenvalue weighted by Gasteiger charge is 2.30. The fourth-order valence-corrected chi connectivity index (χ4v) is 2.13. The average Bonchev–Trinajstić information content (AvgIpc) is 3.05. The zero-order valence-electron chi connectivity index (χ0n) is 13.4. The molecular weight excluding hydrogens is 316 g/mol. The Morgan fingerprint density at radius 2 is 2.25 bits per heavy atom. The van der Waals surface area contributed by atoms with Crippen molar-refractivity contribution in [2.75, 3.05) is 25.1 Å². The van der Waals surface area contributed by atoms with Gasteiger partial charge in [-0.25, -0.2) is 9.59 Å². The molecule has 1 fully saturated rings. The number of carboxylic acid groups (broad SMARTS) is 1. The van der Waals surface area contributed by atoms with Gasteiger partial charge in [0.05, 0.1) is 12.6 Å². The van der Waals surface area contributed by atoms with Crippen LogP contribution in [0.3, 0.4) is 0 Å². The van der Waals surface area contributed by atoms with Crippen molar-refractivity contribution in [2.24, 2.45) is 0 Å². The molecule has 1 heterocycles. The van der Waals surface area contributed by atoms with Gasteiger partial charge in [0.15, 0.2) is 5.60 Å². The molecule has 2 amide bonds. The van der Waals surface area contributed by atoms with Crippen molar-refractivity contribution < 1.29 is 29.3 Å². The quantitative estimate of drug-likeness (QED) is 0.593. The van der Waals surface area contributed by atoms with Gasteiger partial charge in [-0.05, 0) is 31.9 Å². The van der Waals surface area contributed by atoms with Crippen LogP contribution in [0.25, 0.3) is 0 Å². The molecule has 2 atom stereocenters. The van der Waals surface area contributed by atoms with Gasteiger partial charge in [-0.15, -0.1) is 0 Å². The Morgan fingerprint density at radius 3 is 2.92 bits per heavy atom. The first-order chi connectivity index (χ1) is 11.4. The SMILES string of the molecule is CC(O)(CNC(=O)Nc1cccc(OCC2CCCO2)c1)C(=O)O. The van der Waals surface area contributed by atoms with Crippen LogP contribution in [0.2, 0.25) is 0 Å². The van der Waals surface area contributed by atoms with E-state index < -0.39 is 24.1 Å². The lowest BCUT2D eigenvalue weighted by molar-refractivity contribution is -0.155. The van der Waals surface area contributed by atoms with Crippen LogP contribution in [-0.2, 0) is 9.53 Å². The number of nitrogens with one attached hydrogen (secondary N) is 2. The zero-order valence-corrected chi connectivity index (χ0v) is 13.4. The van der Waals surface area contributed by atoms with Crippen molar-refractivity contribution in [1.29, 1.82) is 0 Å². The van der Waals surface area contributed by atoms with Gasteiger partial charge in [0, 0.05) is 18.4 Å². The normalized spacial score (nSPS) is 19.3. The standard InChI is InChI=1S/C16H22N2O6/c1-16(22,14(19)20)10-17-15(21)18-11-4-2-5-12(8-11)24-9-13-6-3-7-23-13/h2,4-5,8,13,22H,3,6-7,9-10H2,1H3,(H,19,20)(H2,17,18,21). The number of hydrogen-bond acceptors (Lipinski definition) is 5. The van der Waals surface area contributed by atoms with Crippen LogP contribution in [0, 0.1) is 0 Å². The minimum absolute atomic E-state index is 0.100. The Kier molecular flexibility index (Phi) is 5.99. The van der Waals surface area contributed by atoms with Gasteiger partial charge >= 0.3 is 12.0 Å². The third-order valence-corrected chi connectivity index (χ3v) is 3.61. The molecule has 1 saturated heterocycles. The van der Waals surface area contributed by atoms with Gasteiger partial charge in [-0.2, -0.15) is 0 Å². The van der Waals surface area contributed by atoms with Crippen LogP contribution in [-0.4, -0.2) is 53.7 Å². The summed E-state index contributed by atoms with van der Waals surface area (Å²) in [5, 5.41) is 23.2. The second-order valence-corrected chi connectivity index (χ2v) is 5.86. The van der Waals surface area contributed by atoms with E-state index in [0.717, 1.165) is 26.4 Å². The van der Waals surface area contributed by atoms with Gasteiger partial charge < -0.3 is 30.3 Å². The molecule has 0 saturated carbocycles. The maximum Gasteiger partial charge on any atom is 0.337 e. The van der Waals surface area contributed by atoms with E-state index in [1.807, 2.05) is 0 Å². The maximum absolute atomic E-state index is 11.8. The first-order valence-electron chi connectivity index (χ1n) is 7.72. The smallest absolute Gasteiger partial charge is 0.337 e. The van der Waals surface area contributed by atoms with Gasteiger partial charge in [0.1, 0.15) is 12.4 Å². The number of anilines is 1. The number of ether oxygens (including phenoxy) is 2. The number of aliphatic carboxylic acids is 1. The predicted molar refractivity (Wildman–Crippen MR) is 86.2 cm³/mol. The Labute approximate surface area is 139 Å². The molecule has 8 nitrogen and oxygen atoms in total. The van der Waals surface area contributed by atoms with Gasteiger partial charge in [0.2, 0.25) is 0 Å². The fourth-order valence-electron chi connectivity index (χ4n) is 2.13. The van der Waals surface area contributed by atoms with E-state index in [1.165, 1.54) is 0 Å². The highest BCUT2D eigenvalue weighted by atomic mass is 16.5. The molecule has 1 aliphatic heterocycles. The summed E-state index contributed by atoms with van der Waals surface area (Å²) in [6.07, 6.45) is 2.11. The number of benzene rings is 1. The maximum atomic E-state index is 11.8. The van der Waals surface area contributed by atoms with Crippen molar-refractivity contribution in [3.05, 3.63) is 24.3 Å². The van der Waals surface area contributed by atoms with Crippen LogP contribution in [0.1, 0.15) is 19.8 Å². The number of carboxylic acids is 1. The monoisotopic (exact) mass is 338 g/mol. The summed E-state index contributed by atoms with van der Waals surface area (Å²) in [7, 11) is 0. The lowest BCUT2D eigenvalue weighted by Gasteiger charge is -2.18. The number of urea groups is 1. The van der Waals surface area contributed by atoms with Crippen molar-refractivity contribution >= 4 is 17.7 Å². The molecule has 0 radical (unpaired) electrons. The molecule has 1 aromatic rings. The largest absolute Gasteiger partial charge is 0.491 e. The first kappa shape index (κ1) is 18.0. The van der Waals surface area contributed by atoms with Gasteiger partial charge in [-0.1, -0.05) is 6.07 Å². The van der Waals surface area contributed by atoms with E-state index in [9.17, 15) is 14.7 Å². The summed E-state index contributed by atoms with van der Waals surface area (Å²) in [5.41, 5.74) is -1.53. The van der Waals surface area contributed by atoms with Crippen LogP contribution in [0.5, 0.6) is 5.75 Å². The summed E-state index contributed by atoms with van der Waals surface area (Å²) in [5.74, 6) is -0.812. The highest BCUT2D eigenvalue weighted by Crippen LogP contribution is 2.19. The molecule has 4 N–H and O–H groups in total. The van der Waals surface area contributed by atoms with E-state index in [4.69, 9.17) is 14.6 Å². The molecule has 0 bridgehead atoms. The summed E-state index contributed by atoms with van der Waals surface area (Å²) >= 11 is 0. The average molecular weight is 338 g/mol. The molecule has 8 heteroatoms. The molecular formula is C16H22N2O6. The fraction of sp³-hybridized carbons (Fsp3) is 0.500. The van der Waals surface area contributed by atoms with Crippen LogP contribution in [0.15, 0.2) is 24.3 Å². The Balaban J connectivity index is 1.82. The minimum Gasteiger partial charge on any atom is -0.491 e. The number of carbonyl (C=O) groups excluding carboxylic acids is 1. The third kappa shape index (κ3) is 5.39. The zero-order chi connectivity index (χ0) is 17.6. The number of rotatable bonds is 7. The highest BCUT2D eigenvalue weighted by molar-refractivity contribution is 5.90. The molecule has 132 valence electrons. The summed E-state index contributed by atoms with van der Waals surface area (Å²) in [6, 6.07) is 6.21. The van der Waals surface area contributed by atoms with Crippen LogP contribution < -0.4 is 15.4 Å². The van der Waals surface area contributed by atoms with E-state index in [0.29, 0.717) is 18.0 Å². The van der Waals surface area contributed by atoms with Gasteiger partial charge in [-0.3, -0.25) is 0 Å². The van der Waals surface area contributed by atoms with Crippen molar-refractivity contribution in [2.45, 2.75) is 31.5 Å². The first-order valence-corrected chi connectivity index (χ1v) is 7.72. The number of hydrogen-bond donors (Lipinski definition) is 4. The lowest BCUT2D eigenvalue weighted by Crippen LogP contribution is -2.47. The Morgan fingerprint density at radius 1 is 1.46 bits per heavy atom. The van der Waals surface area contributed by atoms with E-state index in [2.05, 4.69) is 10.6 Å². The Hall–Kier alpha value is -2.32. The third-order valence-electron chi connectivity index (χ3n) is 3.61. The molecule has 0 aromatic heterocycles. The van der Waals surface area contributed by atoms with Gasteiger partial charge in [0.25, 0.3) is 0 Å². The second kappa shape index (κ2) is 7.98. The van der Waals surface area contributed by atoms with E-state index in [-0.39, 0.29) is 6.10 Å². The van der Waals surface area contributed by atoms with E-state index >= 15 is 0 Å². The second-order valence-electron chi connectivity index (χ2n) is 5.86. The molecule has 2 rings (SSSR count). The van der Waals surface area contributed by atoms with Crippen molar-refractivity contribution in [3.8, 4) is 5.75 Å². The number of carbonyl (C=O) groups is 2. The summed E-state index contributed by atoms with van der Waals surface area (Å²) in [6.45, 7) is 1.91.